The third-order valence-corrected chi connectivity index (χ3v) is 2.24. The van der Waals surface area contributed by atoms with E-state index in [1.54, 1.807) is 0 Å². The Balaban J connectivity index is 2.61. The molecule has 1 aliphatic rings. The summed E-state index contributed by atoms with van der Waals surface area (Å²) in [5.41, 5.74) is 1.07. The summed E-state index contributed by atoms with van der Waals surface area (Å²) in [6, 6.07) is 0. The van der Waals surface area contributed by atoms with Gasteiger partial charge in [-0.2, -0.15) is 0 Å². The Labute approximate surface area is 62.3 Å². The average Bonchev–Trinajstić information content (AvgIpc) is 2.13. The zero-order valence-electron chi connectivity index (χ0n) is 7.14. The van der Waals surface area contributed by atoms with Crippen molar-refractivity contribution in [3.05, 3.63) is 0 Å². The Hall–Kier alpha value is -0.530. The van der Waals surface area contributed by atoms with Crippen LogP contribution in [-0.4, -0.2) is 11.3 Å². The van der Waals surface area contributed by atoms with E-state index >= 15 is 0 Å². The molecule has 0 spiro atoms. The Morgan fingerprint density at radius 2 is 2.20 bits per heavy atom. The third-order valence-electron chi connectivity index (χ3n) is 2.24. The molecule has 2 nitrogen and oxygen atoms in total. The van der Waals surface area contributed by atoms with Gasteiger partial charge in [-0.05, 0) is 19.8 Å². The number of hydrogen-bond donors (Lipinski definition) is 0. The molecule has 10 heavy (non-hydrogen) atoms. The Bertz CT molecular complexity index is 163. The van der Waals surface area contributed by atoms with Crippen molar-refractivity contribution in [3.8, 4) is 0 Å². The first-order valence-corrected chi connectivity index (χ1v) is 3.76. The van der Waals surface area contributed by atoms with Crippen molar-refractivity contribution in [1.82, 2.24) is 0 Å². The van der Waals surface area contributed by atoms with Gasteiger partial charge in [0.2, 0.25) is 0 Å². The zero-order chi connectivity index (χ0) is 7.78. The molecule has 1 heterocycles. The highest BCUT2D eigenvalue weighted by atomic mass is 16.7. The van der Waals surface area contributed by atoms with Crippen molar-refractivity contribution in [2.45, 2.75) is 39.7 Å². The van der Waals surface area contributed by atoms with Crippen LogP contribution in [0.4, 0.5) is 0 Å². The topological polar surface area (TPSA) is 21.6 Å². The van der Waals surface area contributed by atoms with Gasteiger partial charge in [0, 0.05) is 6.42 Å². The molecular formula is C8H15NO. The monoisotopic (exact) mass is 141 g/mol. The SMILES string of the molecule is CC1=NOC(C)(C(C)C)C1. The number of hydrogen-bond acceptors (Lipinski definition) is 2. The van der Waals surface area contributed by atoms with Crippen LogP contribution < -0.4 is 0 Å². The molecule has 0 saturated heterocycles. The van der Waals surface area contributed by atoms with E-state index in [1.165, 1.54) is 0 Å². The van der Waals surface area contributed by atoms with Crippen molar-refractivity contribution in [2.24, 2.45) is 11.1 Å². The summed E-state index contributed by atoms with van der Waals surface area (Å²) in [5, 5.41) is 3.93. The summed E-state index contributed by atoms with van der Waals surface area (Å²) in [7, 11) is 0. The highest BCUT2D eigenvalue weighted by Crippen LogP contribution is 2.30. The lowest BCUT2D eigenvalue weighted by molar-refractivity contribution is -0.0384. The second-order valence-electron chi connectivity index (χ2n) is 3.56. The number of oxime groups is 1. The van der Waals surface area contributed by atoms with Crippen molar-refractivity contribution in [3.63, 3.8) is 0 Å². The smallest absolute Gasteiger partial charge is 0.142 e. The van der Waals surface area contributed by atoms with E-state index < -0.39 is 0 Å². The minimum absolute atomic E-state index is 0.0376. The van der Waals surface area contributed by atoms with Crippen LogP contribution >= 0.6 is 0 Å². The summed E-state index contributed by atoms with van der Waals surface area (Å²) in [4.78, 5) is 5.30. The van der Waals surface area contributed by atoms with E-state index in [0.717, 1.165) is 12.1 Å². The molecule has 0 bridgehead atoms. The second kappa shape index (κ2) is 2.26. The predicted molar refractivity (Wildman–Crippen MR) is 42.1 cm³/mol. The second-order valence-corrected chi connectivity index (χ2v) is 3.56. The summed E-state index contributed by atoms with van der Waals surface area (Å²) in [6.45, 7) is 8.44. The normalized spacial score (nSPS) is 32.3. The minimum Gasteiger partial charge on any atom is -0.389 e. The van der Waals surface area contributed by atoms with E-state index in [1.807, 2.05) is 6.92 Å². The van der Waals surface area contributed by atoms with Gasteiger partial charge in [0.25, 0.3) is 0 Å². The lowest BCUT2D eigenvalue weighted by Crippen LogP contribution is -2.30. The van der Waals surface area contributed by atoms with Gasteiger partial charge in [-0.25, -0.2) is 0 Å². The van der Waals surface area contributed by atoms with Crippen molar-refractivity contribution in [2.75, 3.05) is 0 Å². The molecule has 0 aliphatic carbocycles. The van der Waals surface area contributed by atoms with Gasteiger partial charge in [0.15, 0.2) is 0 Å². The van der Waals surface area contributed by atoms with E-state index in [0.29, 0.717) is 5.92 Å². The van der Waals surface area contributed by atoms with Crippen molar-refractivity contribution in [1.29, 1.82) is 0 Å². The van der Waals surface area contributed by atoms with Crippen LogP contribution in [0.3, 0.4) is 0 Å². The molecule has 1 aliphatic heterocycles. The van der Waals surface area contributed by atoms with E-state index in [4.69, 9.17) is 4.84 Å². The molecule has 0 saturated carbocycles. The summed E-state index contributed by atoms with van der Waals surface area (Å²) in [6.07, 6.45) is 0.977. The van der Waals surface area contributed by atoms with Gasteiger partial charge in [0.05, 0.1) is 5.71 Å². The van der Waals surface area contributed by atoms with Gasteiger partial charge in [-0.15, -0.1) is 0 Å². The Morgan fingerprint density at radius 1 is 1.60 bits per heavy atom. The molecule has 0 fully saturated rings. The molecule has 1 unspecified atom stereocenters. The molecule has 0 aromatic heterocycles. The van der Waals surface area contributed by atoms with E-state index in [9.17, 15) is 0 Å². The molecule has 0 aromatic carbocycles. The molecule has 1 rings (SSSR count). The molecule has 0 aromatic rings. The fourth-order valence-electron chi connectivity index (χ4n) is 1.06. The quantitative estimate of drug-likeness (QED) is 0.548. The maximum absolute atomic E-state index is 5.30. The first-order valence-electron chi connectivity index (χ1n) is 3.76. The zero-order valence-corrected chi connectivity index (χ0v) is 7.14. The van der Waals surface area contributed by atoms with Crippen LogP contribution in [-0.2, 0) is 4.84 Å². The van der Waals surface area contributed by atoms with Gasteiger partial charge < -0.3 is 4.84 Å². The largest absolute Gasteiger partial charge is 0.389 e. The van der Waals surface area contributed by atoms with Crippen LogP contribution in [0.25, 0.3) is 0 Å². The van der Waals surface area contributed by atoms with Crippen LogP contribution in [0.15, 0.2) is 5.16 Å². The molecule has 0 radical (unpaired) electrons. The molecule has 2 heteroatoms. The summed E-state index contributed by atoms with van der Waals surface area (Å²) >= 11 is 0. The van der Waals surface area contributed by atoms with Crippen molar-refractivity contribution >= 4 is 5.71 Å². The summed E-state index contributed by atoms with van der Waals surface area (Å²) < 4.78 is 0. The molecule has 1 atom stereocenters. The van der Waals surface area contributed by atoms with Crippen LogP contribution in [0.2, 0.25) is 0 Å². The van der Waals surface area contributed by atoms with E-state index in [2.05, 4.69) is 25.9 Å². The first kappa shape index (κ1) is 7.58. The molecule has 0 amide bonds. The average molecular weight is 141 g/mol. The maximum atomic E-state index is 5.30. The van der Waals surface area contributed by atoms with Gasteiger partial charge in [0.1, 0.15) is 5.60 Å². The van der Waals surface area contributed by atoms with Gasteiger partial charge in [-0.1, -0.05) is 19.0 Å². The lowest BCUT2D eigenvalue weighted by Gasteiger charge is -2.25. The fourth-order valence-corrected chi connectivity index (χ4v) is 1.06. The highest BCUT2D eigenvalue weighted by molar-refractivity contribution is 5.83. The Kier molecular flexibility index (Phi) is 1.71. The number of nitrogens with zero attached hydrogens (tertiary/aromatic N) is 1. The Morgan fingerprint density at radius 3 is 2.40 bits per heavy atom. The maximum Gasteiger partial charge on any atom is 0.142 e. The minimum atomic E-state index is -0.0376. The lowest BCUT2D eigenvalue weighted by atomic mass is 9.88. The van der Waals surface area contributed by atoms with Gasteiger partial charge >= 0.3 is 0 Å². The fraction of sp³-hybridized carbons (Fsp3) is 0.875. The highest BCUT2D eigenvalue weighted by Gasteiger charge is 2.35. The van der Waals surface area contributed by atoms with Crippen LogP contribution in [0.5, 0.6) is 0 Å². The van der Waals surface area contributed by atoms with Gasteiger partial charge in [-0.3, -0.25) is 0 Å². The first-order chi connectivity index (χ1) is 4.54. The van der Waals surface area contributed by atoms with Crippen LogP contribution in [0.1, 0.15) is 34.1 Å². The summed E-state index contributed by atoms with van der Waals surface area (Å²) in [5.74, 6) is 0.536. The standard InChI is InChI=1S/C8H15NO/c1-6(2)8(4)5-7(3)9-10-8/h6H,5H2,1-4H3. The van der Waals surface area contributed by atoms with E-state index in [-0.39, 0.29) is 5.60 Å². The van der Waals surface area contributed by atoms with Crippen LogP contribution in [0, 0.1) is 5.92 Å². The predicted octanol–water partition coefficient (Wildman–Crippen LogP) is 2.20. The number of rotatable bonds is 1. The molecule has 0 N–H and O–H groups in total. The van der Waals surface area contributed by atoms with Crippen molar-refractivity contribution < 1.29 is 4.84 Å². The molecular weight excluding hydrogens is 126 g/mol. The molecule has 58 valence electrons. The third kappa shape index (κ3) is 1.15.